The summed E-state index contributed by atoms with van der Waals surface area (Å²) in [7, 11) is 0. The molecule has 0 atom stereocenters. The summed E-state index contributed by atoms with van der Waals surface area (Å²) in [6, 6.07) is 22.9. The minimum absolute atomic E-state index is 0.210. The van der Waals surface area contributed by atoms with Gasteiger partial charge in [-0.15, -0.1) is 0 Å². The predicted molar refractivity (Wildman–Crippen MR) is 112 cm³/mol. The third-order valence-corrected chi connectivity index (χ3v) is 5.08. The molecule has 0 fully saturated rings. The van der Waals surface area contributed by atoms with Crippen LogP contribution in [-0.2, 0) is 17.6 Å². The highest BCUT2D eigenvalue weighted by molar-refractivity contribution is 5.84. The summed E-state index contributed by atoms with van der Waals surface area (Å²) in [6.07, 6.45) is 4.63. The second-order valence-electron chi connectivity index (χ2n) is 7.15. The van der Waals surface area contributed by atoms with Crippen LogP contribution in [0, 0.1) is 5.82 Å². The van der Waals surface area contributed by atoms with E-state index in [0.29, 0.717) is 18.4 Å². The lowest BCUT2D eigenvalue weighted by Crippen LogP contribution is -2.03. The molecule has 0 spiro atoms. The van der Waals surface area contributed by atoms with Gasteiger partial charge in [-0.3, -0.25) is 4.79 Å². The smallest absolute Gasteiger partial charge is 0.137 e. The van der Waals surface area contributed by atoms with Crippen molar-refractivity contribution in [2.75, 3.05) is 0 Å². The Labute approximate surface area is 164 Å². The summed E-state index contributed by atoms with van der Waals surface area (Å²) in [5, 5.41) is 1.14. The maximum Gasteiger partial charge on any atom is 0.137 e. The first-order valence-corrected chi connectivity index (χ1v) is 9.60. The molecule has 3 aromatic carbocycles. The van der Waals surface area contributed by atoms with Crippen LogP contribution in [0.15, 0.2) is 79.0 Å². The van der Waals surface area contributed by atoms with Crippen LogP contribution in [0.25, 0.3) is 22.0 Å². The van der Waals surface area contributed by atoms with E-state index in [-0.39, 0.29) is 11.6 Å². The van der Waals surface area contributed by atoms with E-state index in [0.717, 1.165) is 34.9 Å². The number of nitrogens with one attached hydrogen (secondary N) is 1. The van der Waals surface area contributed by atoms with Gasteiger partial charge in [-0.05, 0) is 59.2 Å². The average Bonchev–Trinajstić information content (AvgIpc) is 3.17. The molecule has 1 N–H and O–H groups in total. The molecule has 140 valence electrons. The summed E-state index contributed by atoms with van der Waals surface area (Å²) in [6.45, 7) is 0. The van der Waals surface area contributed by atoms with Gasteiger partial charge in [-0.25, -0.2) is 4.39 Å². The lowest BCUT2D eigenvalue weighted by atomic mass is 9.99. The maximum absolute atomic E-state index is 13.9. The number of fused-ring (bicyclic) bond motifs is 1. The Balaban J connectivity index is 1.29. The van der Waals surface area contributed by atoms with Crippen LogP contribution < -0.4 is 0 Å². The molecule has 0 saturated carbocycles. The van der Waals surface area contributed by atoms with Gasteiger partial charge in [-0.1, -0.05) is 48.5 Å². The zero-order valence-corrected chi connectivity index (χ0v) is 15.6. The normalized spacial score (nSPS) is 11.0. The van der Waals surface area contributed by atoms with Crippen molar-refractivity contribution in [2.24, 2.45) is 0 Å². The maximum atomic E-state index is 13.9. The molecule has 0 unspecified atom stereocenters. The van der Waals surface area contributed by atoms with Crippen LogP contribution in [0.4, 0.5) is 4.39 Å². The molecule has 1 heterocycles. The van der Waals surface area contributed by atoms with Gasteiger partial charge >= 0.3 is 0 Å². The summed E-state index contributed by atoms with van der Waals surface area (Å²) in [4.78, 5) is 15.5. The van der Waals surface area contributed by atoms with Crippen LogP contribution in [0.1, 0.15) is 24.0 Å². The Morgan fingerprint density at radius 2 is 1.68 bits per heavy atom. The molecule has 1 aromatic heterocycles. The number of Topliss-reactive ketones (excluding diaryl/α,β-unsaturated/α-hetero) is 1. The van der Waals surface area contributed by atoms with E-state index in [1.165, 1.54) is 11.6 Å². The number of carbonyl (C=O) groups excluding carboxylic acids is 1. The minimum Gasteiger partial charge on any atom is -0.361 e. The average molecular weight is 371 g/mol. The second-order valence-corrected chi connectivity index (χ2v) is 7.15. The fourth-order valence-electron chi connectivity index (χ4n) is 3.56. The SMILES string of the molecule is O=C(CCCc1ccc(-c2ccccc2F)cc1)Cc1ccc2[nH]ccc2c1. The van der Waals surface area contributed by atoms with E-state index in [1.807, 2.05) is 54.7 Å². The number of ketones is 1. The molecule has 3 heteroatoms. The predicted octanol–water partition coefficient (Wildman–Crippen LogP) is 6.11. The van der Waals surface area contributed by atoms with Crippen molar-refractivity contribution in [3.8, 4) is 11.1 Å². The topological polar surface area (TPSA) is 32.9 Å². The van der Waals surface area contributed by atoms with Gasteiger partial charge in [0.1, 0.15) is 11.6 Å². The summed E-state index contributed by atoms with van der Waals surface area (Å²) < 4.78 is 13.9. The number of H-pyrrole nitrogens is 1. The second kappa shape index (κ2) is 8.22. The minimum atomic E-state index is -0.210. The quantitative estimate of drug-likeness (QED) is 0.418. The van der Waals surface area contributed by atoms with Gasteiger partial charge in [-0.2, -0.15) is 0 Å². The molecule has 0 radical (unpaired) electrons. The molecule has 0 aliphatic carbocycles. The molecule has 4 aromatic rings. The van der Waals surface area contributed by atoms with E-state index < -0.39 is 0 Å². The number of aryl methyl sites for hydroxylation is 1. The molecule has 0 bridgehead atoms. The highest BCUT2D eigenvalue weighted by Gasteiger charge is 2.07. The number of aromatic nitrogens is 1. The Morgan fingerprint density at radius 1 is 0.893 bits per heavy atom. The van der Waals surface area contributed by atoms with Crippen molar-refractivity contribution in [3.63, 3.8) is 0 Å². The van der Waals surface area contributed by atoms with Gasteiger partial charge in [0.15, 0.2) is 0 Å². The Bertz CT molecular complexity index is 1090. The van der Waals surface area contributed by atoms with Crippen LogP contribution >= 0.6 is 0 Å². The number of halogens is 1. The fraction of sp³-hybridized carbons (Fsp3) is 0.160. The van der Waals surface area contributed by atoms with E-state index in [2.05, 4.69) is 11.1 Å². The molecule has 0 aliphatic rings. The van der Waals surface area contributed by atoms with Crippen molar-refractivity contribution in [1.82, 2.24) is 4.98 Å². The van der Waals surface area contributed by atoms with E-state index in [4.69, 9.17) is 0 Å². The summed E-state index contributed by atoms with van der Waals surface area (Å²) in [5.41, 5.74) is 4.81. The lowest BCUT2D eigenvalue weighted by molar-refractivity contribution is -0.118. The molecule has 2 nitrogen and oxygen atoms in total. The zero-order valence-electron chi connectivity index (χ0n) is 15.6. The first kappa shape index (κ1) is 18.2. The molecule has 0 amide bonds. The first-order valence-electron chi connectivity index (χ1n) is 9.60. The number of aromatic amines is 1. The highest BCUT2D eigenvalue weighted by Crippen LogP contribution is 2.23. The van der Waals surface area contributed by atoms with Crippen LogP contribution in [0.3, 0.4) is 0 Å². The van der Waals surface area contributed by atoms with Gasteiger partial charge in [0.25, 0.3) is 0 Å². The third kappa shape index (κ3) is 4.20. The Hall–Kier alpha value is -3.20. The lowest BCUT2D eigenvalue weighted by Gasteiger charge is -2.06. The summed E-state index contributed by atoms with van der Waals surface area (Å²) in [5.74, 6) is 0.0523. The summed E-state index contributed by atoms with van der Waals surface area (Å²) >= 11 is 0. The Kier molecular flexibility index (Phi) is 5.34. The highest BCUT2D eigenvalue weighted by atomic mass is 19.1. The van der Waals surface area contributed by atoms with Crippen molar-refractivity contribution in [1.29, 1.82) is 0 Å². The zero-order chi connectivity index (χ0) is 19.3. The molecule has 28 heavy (non-hydrogen) atoms. The fourth-order valence-corrected chi connectivity index (χ4v) is 3.56. The van der Waals surface area contributed by atoms with Gasteiger partial charge in [0.05, 0.1) is 0 Å². The van der Waals surface area contributed by atoms with Crippen molar-refractivity contribution in [2.45, 2.75) is 25.7 Å². The standard InChI is InChI=1S/C25H22FNO/c26-24-7-2-1-6-23(24)20-11-8-18(9-12-20)4-3-5-22(28)17-19-10-13-25-21(16-19)14-15-27-25/h1-2,6-16,27H,3-5,17H2. The van der Waals surface area contributed by atoms with Gasteiger partial charge < -0.3 is 4.98 Å². The Morgan fingerprint density at radius 3 is 2.50 bits per heavy atom. The van der Waals surface area contributed by atoms with Crippen LogP contribution in [-0.4, -0.2) is 10.8 Å². The van der Waals surface area contributed by atoms with Crippen molar-refractivity contribution in [3.05, 3.63) is 95.9 Å². The van der Waals surface area contributed by atoms with Gasteiger partial charge in [0.2, 0.25) is 0 Å². The largest absolute Gasteiger partial charge is 0.361 e. The third-order valence-electron chi connectivity index (χ3n) is 5.08. The molecule has 4 rings (SSSR count). The molecular formula is C25H22FNO. The number of carbonyl (C=O) groups is 1. The van der Waals surface area contributed by atoms with Crippen molar-refractivity contribution < 1.29 is 9.18 Å². The monoisotopic (exact) mass is 371 g/mol. The molecule has 0 saturated heterocycles. The number of hydrogen-bond donors (Lipinski definition) is 1. The number of hydrogen-bond acceptors (Lipinski definition) is 1. The van der Waals surface area contributed by atoms with Crippen LogP contribution in [0.2, 0.25) is 0 Å². The molecule has 0 aliphatic heterocycles. The van der Waals surface area contributed by atoms with E-state index in [1.54, 1.807) is 12.1 Å². The first-order chi connectivity index (χ1) is 13.7. The van der Waals surface area contributed by atoms with Crippen LogP contribution in [0.5, 0.6) is 0 Å². The number of benzene rings is 3. The van der Waals surface area contributed by atoms with Crippen molar-refractivity contribution >= 4 is 16.7 Å². The molecular weight excluding hydrogens is 349 g/mol. The van der Waals surface area contributed by atoms with Gasteiger partial charge in [0, 0.05) is 30.1 Å². The van der Waals surface area contributed by atoms with E-state index >= 15 is 0 Å². The number of rotatable bonds is 7. The van der Waals surface area contributed by atoms with E-state index in [9.17, 15) is 9.18 Å².